The minimum absolute atomic E-state index is 0.0141. The zero-order valence-corrected chi connectivity index (χ0v) is 18.6. The smallest absolute Gasteiger partial charge is 0.282 e. The van der Waals surface area contributed by atoms with Gasteiger partial charge in [0.15, 0.2) is 5.17 Å². The van der Waals surface area contributed by atoms with E-state index in [1.807, 2.05) is 30.3 Å². The summed E-state index contributed by atoms with van der Waals surface area (Å²) in [7, 11) is -3.99. The Kier molecular flexibility index (Phi) is 5.79. The zero-order chi connectivity index (χ0) is 21.3. The Hall–Kier alpha value is -2.46. The van der Waals surface area contributed by atoms with Crippen molar-refractivity contribution in [3.8, 4) is 0 Å². The van der Waals surface area contributed by atoms with Gasteiger partial charge in [-0.15, -0.1) is 22.3 Å². The molecule has 0 atom stereocenters. The third kappa shape index (κ3) is 4.20. The number of hydrogen-bond donors (Lipinski definition) is 0. The molecule has 1 aromatic carbocycles. The molecule has 2 aromatic heterocycles. The summed E-state index contributed by atoms with van der Waals surface area (Å²) in [6.07, 6.45) is 3.15. The number of sulfonamides is 1. The Balaban J connectivity index is 1.71. The summed E-state index contributed by atoms with van der Waals surface area (Å²) < 4.78 is 29.5. The Bertz CT molecular complexity index is 1330. The number of amides is 1. The third-order valence-corrected chi connectivity index (χ3v) is 8.19. The number of halogens is 1. The minimum atomic E-state index is -3.99. The number of amidine groups is 1. The number of thiophene rings is 1. The molecule has 1 fully saturated rings. The number of carbonyl (C=O) groups excluding carboxylic acids is 1. The van der Waals surface area contributed by atoms with Gasteiger partial charge in [-0.25, -0.2) is 4.98 Å². The number of thioether (sulfide) groups is 1. The largest absolute Gasteiger partial charge is 0.294 e. The highest BCUT2D eigenvalue weighted by Crippen LogP contribution is 2.35. The lowest BCUT2D eigenvalue weighted by Crippen LogP contribution is -2.29. The van der Waals surface area contributed by atoms with E-state index in [9.17, 15) is 13.2 Å². The van der Waals surface area contributed by atoms with Gasteiger partial charge in [0.25, 0.3) is 15.9 Å². The van der Waals surface area contributed by atoms with Crippen LogP contribution in [-0.2, 0) is 14.8 Å². The first-order valence-electron chi connectivity index (χ1n) is 8.66. The monoisotopic (exact) mass is 475 g/mol. The van der Waals surface area contributed by atoms with Crippen molar-refractivity contribution < 1.29 is 13.2 Å². The number of hydrogen-bond acceptors (Lipinski definition) is 6. The Labute approximate surface area is 186 Å². The summed E-state index contributed by atoms with van der Waals surface area (Å²) in [5, 5.41) is 1.05. The first-order chi connectivity index (χ1) is 14.4. The predicted octanol–water partition coefficient (Wildman–Crippen LogP) is 4.80. The number of fused-ring (bicyclic) bond motifs is 1. The molecular formula is C20H14ClN3O3S3. The van der Waals surface area contributed by atoms with Crippen molar-refractivity contribution in [2.24, 2.45) is 4.40 Å². The summed E-state index contributed by atoms with van der Waals surface area (Å²) >= 11 is 7.74. The lowest BCUT2D eigenvalue weighted by molar-refractivity contribution is -0.121. The van der Waals surface area contributed by atoms with Crippen LogP contribution in [0, 0.1) is 0 Å². The molecule has 0 saturated carbocycles. The maximum Gasteiger partial charge on any atom is 0.294 e. The average molecular weight is 476 g/mol. The van der Waals surface area contributed by atoms with Gasteiger partial charge in [-0.05, 0) is 42.1 Å². The highest BCUT2D eigenvalue weighted by Gasteiger charge is 2.34. The van der Waals surface area contributed by atoms with Crippen molar-refractivity contribution in [1.82, 2.24) is 9.88 Å². The maximum atomic E-state index is 12.9. The molecule has 0 bridgehead atoms. The van der Waals surface area contributed by atoms with Crippen LogP contribution in [0.2, 0.25) is 4.34 Å². The second kappa shape index (κ2) is 8.35. The molecule has 6 nitrogen and oxygen atoms in total. The van der Waals surface area contributed by atoms with Crippen LogP contribution >= 0.6 is 34.7 Å². The number of nitrogens with zero attached hydrogens (tertiary/aromatic N) is 3. The van der Waals surface area contributed by atoms with Crippen LogP contribution in [0.15, 0.2) is 74.7 Å². The molecule has 10 heteroatoms. The molecule has 0 aliphatic carbocycles. The number of aromatic nitrogens is 1. The van der Waals surface area contributed by atoms with Gasteiger partial charge in [-0.3, -0.25) is 9.69 Å². The normalized spacial score (nSPS) is 17.4. The summed E-state index contributed by atoms with van der Waals surface area (Å²) in [5.41, 5.74) is 1.40. The topological polar surface area (TPSA) is 79.7 Å². The van der Waals surface area contributed by atoms with E-state index in [2.05, 4.69) is 16.0 Å². The molecule has 152 valence electrons. The SMILES string of the molecule is C=CCN1C(=O)/C(=C/c2ccc3ccccc3n2)SC1=NS(=O)(=O)c1ccc(Cl)s1. The van der Waals surface area contributed by atoms with Gasteiger partial charge < -0.3 is 0 Å². The number of benzene rings is 1. The first-order valence-corrected chi connectivity index (χ1v) is 12.1. The fourth-order valence-corrected chi connectivity index (χ4v) is 6.38. The molecule has 1 amide bonds. The second-order valence-corrected chi connectivity index (χ2v) is 10.7. The van der Waals surface area contributed by atoms with Crippen molar-refractivity contribution in [1.29, 1.82) is 0 Å². The summed E-state index contributed by atoms with van der Waals surface area (Å²) in [6, 6.07) is 14.3. The zero-order valence-electron chi connectivity index (χ0n) is 15.4. The van der Waals surface area contributed by atoms with E-state index in [4.69, 9.17) is 11.6 Å². The van der Waals surface area contributed by atoms with Crippen LogP contribution in [0.4, 0.5) is 0 Å². The molecule has 3 aromatic rings. The standard InChI is InChI=1S/C20H14ClN3O3S3/c1-2-11-24-19(25)16(12-14-8-7-13-5-3-4-6-15(13)22-14)28-20(24)23-30(26,27)18-10-9-17(21)29-18/h2-10,12H,1,11H2/b16-12-,23-20?. The van der Waals surface area contributed by atoms with E-state index in [1.54, 1.807) is 12.1 Å². The maximum absolute atomic E-state index is 12.9. The molecule has 4 rings (SSSR count). The number of rotatable bonds is 5. The molecule has 0 spiro atoms. The van der Waals surface area contributed by atoms with E-state index in [1.165, 1.54) is 23.1 Å². The van der Waals surface area contributed by atoms with Crippen LogP contribution in [0.5, 0.6) is 0 Å². The van der Waals surface area contributed by atoms with Gasteiger partial charge in [0.05, 0.1) is 20.5 Å². The van der Waals surface area contributed by atoms with E-state index in [0.29, 0.717) is 14.9 Å². The van der Waals surface area contributed by atoms with E-state index >= 15 is 0 Å². The van der Waals surface area contributed by atoms with Crippen LogP contribution in [-0.4, -0.2) is 35.9 Å². The van der Waals surface area contributed by atoms with E-state index < -0.39 is 10.0 Å². The summed E-state index contributed by atoms with van der Waals surface area (Å²) in [5.74, 6) is -0.354. The van der Waals surface area contributed by atoms with Crippen LogP contribution in [0.1, 0.15) is 5.69 Å². The molecule has 0 N–H and O–H groups in total. The highest BCUT2D eigenvalue weighted by atomic mass is 35.5. The fraction of sp³-hybridized carbons (Fsp3) is 0.0500. The Morgan fingerprint density at radius 2 is 1.97 bits per heavy atom. The molecule has 3 heterocycles. The van der Waals surface area contributed by atoms with Crippen molar-refractivity contribution in [3.05, 3.63) is 76.1 Å². The minimum Gasteiger partial charge on any atom is -0.282 e. The number of para-hydroxylation sites is 1. The quantitative estimate of drug-likeness (QED) is 0.391. The summed E-state index contributed by atoms with van der Waals surface area (Å²) in [4.78, 5) is 19.0. The van der Waals surface area contributed by atoms with Crippen LogP contribution < -0.4 is 0 Å². The van der Waals surface area contributed by atoms with Gasteiger partial charge in [-0.2, -0.15) is 8.42 Å². The number of pyridine rings is 1. The van der Waals surface area contributed by atoms with Crippen molar-refractivity contribution >= 4 is 72.8 Å². The van der Waals surface area contributed by atoms with Crippen molar-refractivity contribution in [2.45, 2.75) is 4.21 Å². The fourth-order valence-electron chi connectivity index (χ4n) is 2.75. The second-order valence-electron chi connectivity index (χ2n) is 6.15. The Morgan fingerprint density at radius 3 is 2.70 bits per heavy atom. The van der Waals surface area contributed by atoms with Gasteiger partial charge in [0.1, 0.15) is 4.21 Å². The van der Waals surface area contributed by atoms with E-state index in [-0.39, 0.29) is 21.8 Å². The van der Waals surface area contributed by atoms with E-state index in [0.717, 1.165) is 34.0 Å². The first kappa shape index (κ1) is 20.8. The molecule has 30 heavy (non-hydrogen) atoms. The van der Waals surface area contributed by atoms with Gasteiger partial charge in [-0.1, -0.05) is 41.9 Å². The molecular weight excluding hydrogens is 462 g/mol. The predicted molar refractivity (Wildman–Crippen MR) is 123 cm³/mol. The molecule has 1 aliphatic rings. The summed E-state index contributed by atoms with van der Waals surface area (Å²) in [6.45, 7) is 3.77. The molecule has 1 aliphatic heterocycles. The van der Waals surface area contributed by atoms with Crippen LogP contribution in [0.25, 0.3) is 17.0 Å². The molecule has 0 radical (unpaired) electrons. The van der Waals surface area contributed by atoms with Crippen molar-refractivity contribution in [3.63, 3.8) is 0 Å². The number of carbonyl (C=O) groups is 1. The average Bonchev–Trinajstić information content (AvgIpc) is 3.28. The van der Waals surface area contributed by atoms with Crippen LogP contribution in [0.3, 0.4) is 0 Å². The van der Waals surface area contributed by atoms with Gasteiger partial charge >= 0.3 is 0 Å². The Morgan fingerprint density at radius 1 is 1.17 bits per heavy atom. The lowest BCUT2D eigenvalue weighted by atomic mass is 10.2. The van der Waals surface area contributed by atoms with Gasteiger partial charge in [0.2, 0.25) is 0 Å². The van der Waals surface area contributed by atoms with Gasteiger partial charge in [0, 0.05) is 11.9 Å². The molecule has 1 saturated heterocycles. The van der Waals surface area contributed by atoms with Crippen molar-refractivity contribution in [2.75, 3.05) is 6.54 Å². The third-order valence-electron chi connectivity index (χ3n) is 4.10. The lowest BCUT2D eigenvalue weighted by Gasteiger charge is -2.12. The molecule has 0 unspecified atom stereocenters. The highest BCUT2D eigenvalue weighted by molar-refractivity contribution is 8.19.